The van der Waals surface area contributed by atoms with E-state index in [1.807, 2.05) is 13.8 Å². The number of fused-ring (bicyclic) bond motifs is 2. The molecule has 7 nitrogen and oxygen atoms in total. The highest BCUT2D eigenvalue weighted by Crippen LogP contribution is 2.23. The van der Waals surface area contributed by atoms with Gasteiger partial charge in [-0.15, -0.1) is 0 Å². The van der Waals surface area contributed by atoms with Gasteiger partial charge in [-0.3, -0.25) is 29.1 Å². The lowest BCUT2D eigenvalue weighted by Gasteiger charge is -2.17. The molecular formula is C21H19N3O4. The maximum absolute atomic E-state index is 11.8. The second-order valence-corrected chi connectivity index (χ2v) is 6.52. The summed E-state index contributed by atoms with van der Waals surface area (Å²) in [6, 6.07) is 10.1. The lowest BCUT2D eigenvalue weighted by molar-refractivity contribution is 0.0608. The van der Waals surface area contributed by atoms with Crippen molar-refractivity contribution < 1.29 is 19.2 Å². The number of ketones is 2. The van der Waals surface area contributed by atoms with Crippen LogP contribution in [0.4, 0.5) is 0 Å². The minimum atomic E-state index is -0.234. The Labute approximate surface area is 162 Å². The van der Waals surface area contributed by atoms with Gasteiger partial charge in [-0.05, 0) is 38.1 Å². The van der Waals surface area contributed by atoms with E-state index in [4.69, 9.17) is 0 Å². The van der Waals surface area contributed by atoms with Crippen LogP contribution in [0.5, 0.6) is 0 Å². The van der Waals surface area contributed by atoms with Crippen molar-refractivity contribution in [2.75, 3.05) is 7.05 Å². The van der Waals surface area contributed by atoms with Gasteiger partial charge in [-0.2, -0.15) is 0 Å². The summed E-state index contributed by atoms with van der Waals surface area (Å²) in [6.45, 7) is 3.67. The first-order valence-corrected chi connectivity index (χ1v) is 8.77. The van der Waals surface area contributed by atoms with E-state index in [2.05, 4.69) is 10.3 Å². The van der Waals surface area contributed by atoms with Crippen LogP contribution in [0.1, 0.15) is 55.4 Å². The molecule has 1 aliphatic carbocycles. The van der Waals surface area contributed by atoms with Crippen molar-refractivity contribution in [1.29, 1.82) is 0 Å². The molecule has 1 aromatic carbocycles. The normalized spacial score (nSPS) is 15.0. The van der Waals surface area contributed by atoms with Crippen molar-refractivity contribution >= 4 is 23.4 Å². The number of benzene rings is 1. The number of rotatable bonds is 2. The molecule has 1 N–H and O–H groups in total. The fourth-order valence-electron chi connectivity index (χ4n) is 3.05. The standard InChI is InChI=1S/C11H11NO2.C10H8N2O2/c1-7(2)12-10(13)8-5-3-4-6-9(8)11(12)14;1-11-7-5-8(13)6-3-2-4-12-9(6)10(7)14/h3-7H,1-2H3;2-5,11H,1H3. The number of hydrogen-bond donors (Lipinski definition) is 1. The highest BCUT2D eigenvalue weighted by atomic mass is 16.2. The van der Waals surface area contributed by atoms with Crippen LogP contribution in [0.2, 0.25) is 0 Å². The van der Waals surface area contributed by atoms with Crippen molar-refractivity contribution in [2.45, 2.75) is 19.9 Å². The Morgan fingerprint density at radius 1 is 0.893 bits per heavy atom. The molecule has 28 heavy (non-hydrogen) atoms. The van der Waals surface area contributed by atoms with E-state index >= 15 is 0 Å². The maximum atomic E-state index is 11.8. The fourth-order valence-corrected chi connectivity index (χ4v) is 3.05. The number of Topliss-reactive ketones (excluding diaryl/α,β-unsaturated/α-hetero) is 1. The van der Waals surface area contributed by atoms with Crippen LogP contribution in [0.25, 0.3) is 0 Å². The Morgan fingerprint density at radius 3 is 2.00 bits per heavy atom. The van der Waals surface area contributed by atoms with Crippen molar-refractivity contribution in [3.05, 3.63) is 76.8 Å². The molecule has 0 radical (unpaired) electrons. The van der Waals surface area contributed by atoms with Gasteiger partial charge in [0.2, 0.25) is 5.78 Å². The van der Waals surface area contributed by atoms with Gasteiger partial charge in [0.05, 0.1) is 22.4 Å². The SMILES string of the molecule is CC(C)N1C(=O)c2ccccc2C1=O.CNC1=CC(=O)c2cccnc2C1=O. The lowest BCUT2D eigenvalue weighted by Crippen LogP contribution is -2.35. The van der Waals surface area contributed by atoms with Gasteiger partial charge in [0.25, 0.3) is 11.8 Å². The number of pyridine rings is 1. The molecule has 7 heteroatoms. The smallest absolute Gasteiger partial charge is 0.261 e. The van der Waals surface area contributed by atoms with Crippen molar-refractivity contribution in [2.24, 2.45) is 0 Å². The van der Waals surface area contributed by atoms with Crippen LogP contribution in [-0.2, 0) is 0 Å². The molecule has 2 aromatic rings. The van der Waals surface area contributed by atoms with E-state index in [0.717, 1.165) is 0 Å². The van der Waals surface area contributed by atoms with Crippen LogP contribution in [0.3, 0.4) is 0 Å². The molecule has 0 unspecified atom stereocenters. The monoisotopic (exact) mass is 377 g/mol. The molecule has 2 heterocycles. The second kappa shape index (κ2) is 7.56. The molecule has 1 aromatic heterocycles. The van der Waals surface area contributed by atoms with Gasteiger partial charge in [-0.1, -0.05) is 12.1 Å². The maximum Gasteiger partial charge on any atom is 0.261 e. The third-order valence-corrected chi connectivity index (χ3v) is 4.42. The second-order valence-electron chi connectivity index (χ2n) is 6.52. The summed E-state index contributed by atoms with van der Waals surface area (Å²) in [5.74, 6) is -0.777. The molecule has 0 fully saturated rings. The van der Waals surface area contributed by atoms with Crippen molar-refractivity contribution in [3.63, 3.8) is 0 Å². The zero-order valence-corrected chi connectivity index (χ0v) is 15.7. The van der Waals surface area contributed by atoms with Gasteiger partial charge < -0.3 is 5.32 Å². The summed E-state index contributed by atoms with van der Waals surface area (Å²) >= 11 is 0. The van der Waals surface area contributed by atoms with E-state index in [9.17, 15) is 19.2 Å². The number of likely N-dealkylation sites (N-methyl/N-ethyl adjacent to an activating group) is 1. The largest absolute Gasteiger partial charge is 0.385 e. The highest BCUT2D eigenvalue weighted by Gasteiger charge is 2.36. The number of nitrogens with one attached hydrogen (secondary N) is 1. The fraction of sp³-hybridized carbons (Fsp3) is 0.190. The lowest BCUT2D eigenvalue weighted by atomic mass is 9.98. The van der Waals surface area contributed by atoms with Crippen LogP contribution in [0, 0.1) is 0 Å². The summed E-state index contributed by atoms with van der Waals surface area (Å²) in [5, 5.41) is 2.68. The van der Waals surface area contributed by atoms with E-state index < -0.39 is 0 Å². The molecule has 1 aliphatic heterocycles. The Kier molecular flexibility index (Phi) is 5.17. The summed E-state index contributed by atoms with van der Waals surface area (Å²) in [7, 11) is 1.60. The van der Waals surface area contributed by atoms with Crippen LogP contribution in [0.15, 0.2) is 54.4 Å². The third kappa shape index (κ3) is 3.22. The molecule has 4 rings (SSSR count). The molecule has 0 bridgehead atoms. The van der Waals surface area contributed by atoms with E-state index in [1.54, 1.807) is 43.4 Å². The Bertz CT molecular complexity index is 989. The number of nitrogens with zero attached hydrogens (tertiary/aromatic N) is 2. The van der Waals surface area contributed by atoms with Gasteiger partial charge in [0, 0.05) is 25.4 Å². The van der Waals surface area contributed by atoms with E-state index in [1.165, 1.54) is 17.2 Å². The summed E-state index contributed by atoms with van der Waals surface area (Å²) in [4.78, 5) is 51.8. The first-order valence-electron chi connectivity index (χ1n) is 8.77. The van der Waals surface area contributed by atoms with E-state index in [-0.39, 0.29) is 35.1 Å². The Balaban J connectivity index is 0.000000161. The van der Waals surface area contributed by atoms with Crippen molar-refractivity contribution in [1.82, 2.24) is 15.2 Å². The first kappa shape index (κ1) is 19.2. The number of amides is 2. The number of aromatic nitrogens is 1. The number of allylic oxidation sites excluding steroid dienone is 2. The highest BCUT2D eigenvalue weighted by molar-refractivity contribution is 6.23. The van der Waals surface area contributed by atoms with Gasteiger partial charge >= 0.3 is 0 Å². The molecule has 2 amide bonds. The Hall–Kier alpha value is -3.61. The third-order valence-electron chi connectivity index (χ3n) is 4.42. The molecule has 2 aliphatic rings. The molecule has 0 spiro atoms. The quantitative estimate of drug-likeness (QED) is 0.807. The minimum Gasteiger partial charge on any atom is -0.385 e. The van der Waals surface area contributed by atoms with Gasteiger partial charge in [0.15, 0.2) is 5.78 Å². The van der Waals surface area contributed by atoms with Gasteiger partial charge in [-0.25, -0.2) is 0 Å². The molecule has 0 saturated carbocycles. The Morgan fingerprint density at radius 2 is 1.46 bits per heavy atom. The summed E-state index contributed by atoms with van der Waals surface area (Å²) < 4.78 is 0. The number of imide groups is 1. The average molecular weight is 377 g/mol. The molecule has 142 valence electrons. The van der Waals surface area contributed by atoms with Crippen LogP contribution in [-0.4, -0.2) is 46.4 Å². The first-order chi connectivity index (χ1) is 13.4. The van der Waals surface area contributed by atoms with Crippen molar-refractivity contribution in [3.8, 4) is 0 Å². The minimum absolute atomic E-state index is 0.0811. The average Bonchev–Trinajstić information content (AvgIpc) is 2.96. The number of hydrogen-bond acceptors (Lipinski definition) is 6. The zero-order chi connectivity index (χ0) is 20.4. The van der Waals surface area contributed by atoms with Crippen LogP contribution < -0.4 is 5.32 Å². The molecule has 0 saturated heterocycles. The summed E-state index contributed by atoms with van der Waals surface area (Å²) in [5.41, 5.74) is 1.93. The van der Waals surface area contributed by atoms with Gasteiger partial charge in [0.1, 0.15) is 5.69 Å². The zero-order valence-electron chi connectivity index (χ0n) is 15.7. The summed E-state index contributed by atoms with van der Waals surface area (Å²) in [6.07, 6.45) is 2.80. The topological polar surface area (TPSA) is 96.4 Å². The number of carbonyl (C=O) groups is 4. The van der Waals surface area contributed by atoms with Crippen LogP contribution >= 0.6 is 0 Å². The predicted molar refractivity (Wildman–Crippen MR) is 102 cm³/mol. The molecule has 0 atom stereocenters. The molecular weight excluding hydrogens is 358 g/mol. The van der Waals surface area contributed by atoms with E-state index in [0.29, 0.717) is 22.4 Å². The predicted octanol–water partition coefficient (Wildman–Crippen LogP) is 2.25. The number of carbonyl (C=O) groups excluding carboxylic acids is 4.